The van der Waals surface area contributed by atoms with Gasteiger partial charge in [-0.05, 0) is 66.9 Å². The molecule has 2 aliphatic rings. The Morgan fingerprint density at radius 3 is 2.52 bits per heavy atom. The molecule has 5 rings (SSSR count). The Kier molecular flexibility index (Phi) is 9.24. The maximum atomic E-state index is 14.5. The Morgan fingerprint density at radius 2 is 1.82 bits per heavy atom. The van der Waals surface area contributed by atoms with Gasteiger partial charge in [-0.1, -0.05) is 35.9 Å². The third kappa shape index (κ3) is 6.87. The summed E-state index contributed by atoms with van der Waals surface area (Å²) >= 11 is 6.22. The average Bonchev–Trinajstić information content (AvgIpc) is 2.99. The standard InChI is InChI=1S/C31H30ClF4N3O4S/c1-20(30-25(32)6-3-7-26(30)33)16-21-8-10-28-27(17-21)39(44(41,42)24-5-2-4-22(18-24)31(34,35)36)19-23(43-28)9-11-29(40)38-14-12-37-13-15-38/h2-8,10,16-18,23,37H,9,11-15,19H2,1H3/b20-16+/t23-/m0/s1. The summed E-state index contributed by atoms with van der Waals surface area (Å²) < 4.78 is 90.0. The molecule has 7 nitrogen and oxygen atoms in total. The molecule has 13 heteroatoms. The maximum absolute atomic E-state index is 14.5. The van der Waals surface area contributed by atoms with Crippen molar-refractivity contribution in [3.8, 4) is 5.75 Å². The number of nitrogens with one attached hydrogen (secondary N) is 1. The molecular weight excluding hydrogens is 622 g/mol. The first-order chi connectivity index (χ1) is 20.8. The molecule has 1 fully saturated rings. The monoisotopic (exact) mass is 651 g/mol. The number of rotatable bonds is 7. The number of nitrogens with zero attached hydrogens (tertiary/aromatic N) is 2. The fourth-order valence-corrected chi connectivity index (χ4v) is 7.17. The van der Waals surface area contributed by atoms with Gasteiger partial charge in [0.15, 0.2) is 0 Å². The summed E-state index contributed by atoms with van der Waals surface area (Å²) in [4.78, 5) is 14.0. The predicted octanol–water partition coefficient (Wildman–Crippen LogP) is 6.23. The fourth-order valence-electron chi connectivity index (χ4n) is 5.31. The molecule has 0 aromatic heterocycles. The first kappa shape index (κ1) is 31.8. The second-order valence-corrected chi connectivity index (χ2v) is 12.9. The fraction of sp³-hybridized carbons (Fsp3) is 0.323. The summed E-state index contributed by atoms with van der Waals surface area (Å²) in [5, 5.41) is 3.38. The molecule has 234 valence electrons. The first-order valence-electron chi connectivity index (χ1n) is 14.0. The number of fused-ring (bicyclic) bond motifs is 1. The van der Waals surface area contributed by atoms with E-state index in [4.69, 9.17) is 16.3 Å². The zero-order chi connectivity index (χ0) is 31.6. The van der Waals surface area contributed by atoms with Gasteiger partial charge in [-0.15, -0.1) is 0 Å². The number of hydrogen-bond acceptors (Lipinski definition) is 5. The molecular formula is C31H30ClF4N3O4S. The summed E-state index contributed by atoms with van der Waals surface area (Å²) in [5.41, 5.74) is 0.153. The number of hydrogen-bond donors (Lipinski definition) is 1. The van der Waals surface area contributed by atoms with E-state index in [2.05, 4.69) is 5.32 Å². The molecule has 0 radical (unpaired) electrons. The van der Waals surface area contributed by atoms with Gasteiger partial charge >= 0.3 is 6.18 Å². The SMILES string of the molecule is C/C(=C\c1ccc2c(c1)N(S(=O)(=O)c1cccc(C(F)(F)F)c1)C[C@H](CCC(=O)N1CCNCC1)O2)c1c(F)cccc1Cl. The summed E-state index contributed by atoms with van der Waals surface area (Å²) in [5.74, 6) is -0.430. The van der Waals surface area contributed by atoms with Crippen molar-refractivity contribution in [1.29, 1.82) is 0 Å². The summed E-state index contributed by atoms with van der Waals surface area (Å²) in [6.45, 7) is 3.92. The van der Waals surface area contributed by atoms with Crippen LogP contribution in [-0.2, 0) is 21.0 Å². The normalized spacial score (nSPS) is 17.7. The molecule has 1 N–H and O–H groups in total. The van der Waals surface area contributed by atoms with Crippen molar-refractivity contribution in [2.24, 2.45) is 0 Å². The maximum Gasteiger partial charge on any atom is 0.416 e. The lowest BCUT2D eigenvalue weighted by Gasteiger charge is -2.36. The molecule has 1 amide bonds. The van der Waals surface area contributed by atoms with Crippen molar-refractivity contribution in [3.05, 3.63) is 88.2 Å². The average molecular weight is 652 g/mol. The van der Waals surface area contributed by atoms with Gasteiger partial charge in [0.2, 0.25) is 5.91 Å². The van der Waals surface area contributed by atoms with E-state index in [-0.39, 0.29) is 47.3 Å². The van der Waals surface area contributed by atoms with Gasteiger partial charge in [0.1, 0.15) is 17.7 Å². The molecule has 0 bridgehead atoms. The second-order valence-electron chi connectivity index (χ2n) is 10.6. The molecule has 0 aliphatic carbocycles. The van der Waals surface area contributed by atoms with Crippen molar-refractivity contribution in [1.82, 2.24) is 10.2 Å². The number of allylic oxidation sites excluding steroid dienone is 1. The van der Waals surface area contributed by atoms with Crippen molar-refractivity contribution in [2.45, 2.75) is 36.9 Å². The van der Waals surface area contributed by atoms with Crippen LogP contribution in [-0.4, -0.2) is 58.1 Å². The van der Waals surface area contributed by atoms with Crippen LogP contribution in [0.2, 0.25) is 5.02 Å². The minimum absolute atomic E-state index is 0.0871. The van der Waals surface area contributed by atoms with Crippen LogP contribution in [0.1, 0.15) is 36.5 Å². The van der Waals surface area contributed by atoms with Crippen LogP contribution >= 0.6 is 11.6 Å². The highest BCUT2D eigenvalue weighted by atomic mass is 35.5. The van der Waals surface area contributed by atoms with Crippen molar-refractivity contribution in [2.75, 3.05) is 37.0 Å². The van der Waals surface area contributed by atoms with E-state index in [1.165, 1.54) is 18.2 Å². The number of carbonyl (C=O) groups excluding carboxylic acids is 1. The Labute approximate surface area is 258 Å². The summed E-state index contributed by atoms with van der Waals surface area (Å²) in [6.07, 6.45) is -3.55. The molecule has 2 aliphatic heterocycles. The van der Waals surface area contributed by atoms with Gasteiger partial charge in [-0.2, -0.15) is 13.2 Å². The second kappa shape index (κ2) is 12.8. The van der Waals surface area contributed by atoms with Crippen LogP contribution < -0.4 is 14.4 Å². The van der Waals surface area contributed by atoms with Crippen LogP contribution in [0.15, 0.2) is 65.6 Å². The molecule has 1 saturated heterocycles. The van der Waals surface area contributed by atoms with E-state index in [0.717, 1.165) is 22.5 Å². The van der Waals surface area contributed by atoms with E-state index < -0.39 is 38.6 Å². The highest BCUT2D eigenvalue weighted by molar-refractivity contribution is 7.92. The van der Waals surface area contributed by atoms with E-state index in [1.54, 1.807) is 36.1 Å². The topological polar surface area (TPSA) is 79.0 Å². The molecule has 1 atom stereocenters. The number of anilines is 1. The number of alkyl halides is 3. The van der Waals surface area contributed by atoms with E-state index in [9.17, 15) is 30.8 Å². The number of amides is 1. The minimum Gasteiger partial charge on any atom is -0.486 e. The highest BCUT2D eigenvalue weighted by Crippen LogP contribution is 2.40. The molecule has 0 saturated carbocycles. The summed E-state index contributed by atoms with van der Waals surface area (Å²) in [6, 6.07) is 12.6. The Hall–Kier alpha value is -3.61. The number of ether oxygens (including phenoxy) is 1. The number of carbonyl (C=O) groups is 1. The van der Waals surface area contributed by atoms with Crippen molar-refractivity contribution < 1.29 is 35.5 Å². The van der Waals surface area contributed by atoms with Gasteiger partial charge in [0.05, 0.1) is 27.7 Å². The summed E-state index contributed by atoms with van der Waals surface area (Å²) in [7, 11) is -4.51. The molecule has 44 heavy (non-hydrogen) atoms. The lowest BCUT2D eigenvalue weighted by atomic mass is 10.0. The van der Waals surface area contributed by atoms with Crippen LogP contribution in [0.5, 0.6) is 5.75 Å². The van der Waals surface area contributed by atoms with Crippen molar-refractivity contribution in [3.63, 3.8) is 0 Å². The van der Waals surface area contributed by atoms with Crippen LogP contribution in [0.4, 0.5) is 23.2 Å². The molecule has 2 heterocycles. The molecule has 3 aromatic rings. The van der Waals surface area contributed by atoms with Gasteiger partial charge in [0.25, 0.3) is 10.0 Å². The first-order valence-corrected chi connectivity index (χ1v) is 15.8. The lowest BCUT2D eigenvalue weighted by molar-refractivity contribution is -0.137. The van der Waals surface area contributed by atoms with Gasteiger partial charge < -0.3 is 15.0 Å². The minimum atomic E-state index is -4.75. The number of sulfonamides is 1. The van der Waals surface area contributed by atoms with Crippen LogP contribution in [0.3, 0.4) is 0 Å². The third-order valence-electron chi connectivity index (χ3n) is 7.55. The van der Waals surface area contributed by atoms with E-state index in [1.807, 2.05) is 0 Å². The molecule has 3 aromatic carbocycles. The Bertz CT molecular complexity index is 1670. The molecule has 0 spiro atoms. The largest absolute Gasteiger partial charge is 0.486 e. The Balaban J connectivity index is 1.50. The van der Waals surface area contributed by atoms with E-state index >= 15 is 0 Å². The number of benzene rings is 3. The predicted molar refractivity (Wildman–Crippen MR) is 160 cm³/mol. The van der Waals surface area contributed by atoms with Crippen molar-refractivity contribution >= 4 is 44.9 Å². The van der Waals surface area contributed by atoms with Crippen LogP contribution in [0, 0.1) is 5.82 Å². The quantitative estimate of drug-likeness (QED) is 0.242. The lowest BCUT2D eigenvalue weighted by Crippen LogP contribution is -2.47. The molecule has 0 unspecified atom stereocenters. The highest BCUT2D eigenvalue weighted by Gasteiger charge is 2.37. The third-order valence-corrected chi connectivity index (χ3v) is 9.64. The van der Waals surface area contributed by atoms with Crippen LogP contribution in [0.25, 0.3) is 11.6 Å². The Morgan fingerprint density at radius 1 is 1.09 bits per heavy atom. The van der Waals surface area contributed by atoms with Gasteiger partial charge in [-0.25, -0.2) is 12.8 Å². The number of halogens is 5. The van der Waals surface area contributed by atoms with Gasteiger partial charge in [-0.3, -0.25) is 9.10 Å². The van der Waals surface area contributed by atoms with E-state index in [0.29, 0.717) is 43.4 Å². The zero-order valence-electron chi connectivity index (χ0n) is 23.7. The smallest absolute Gasteiger partial charge is 0.416 e. The zero-order valence-corrected chi connectivity index (χ0v) is 25.3. The van der Waals surface area contributed by atoms with Gasteiger partial charge in [0, 0.05) is 38.2 Å². The number of piperazine rings is 1.